The molecule has 0 spiro atoms. The maximum atomic E-state index is 11.9. The number of nitrogens with zero attached hydrogens (tertiary/aromatic N) is 2. The molecule has 0 amide bonds. The molecule has 0 aliphatic heterocycles. The first-order valence-electron chi connectivity index (χ1n) is 4.90. The van der Waals surface area contributed by atoms with Gasteiger partial charge in [-0.2, -0.15) is 0 Å². The summed E-state index contributed by atoms with van der Waals surface area (Å²) < 4.78 is 1.42. The number of aryl methyl sites for hydroxylation is 1. The quantitative estimate of drug-likeness (QED) is 0.892. The second kappa shape index (κ2) is 4.50. The molecule has 2 aromatic rings. The Labute approximate surface area is 101 Å². The smallest absolute Gasteiger partial charge is 0.341 e. The van der Waals surface area contributed by atoms with Gasteiger partial charge in [0.15, 0.2) is 0 Å². The Bertz CT molecular complexity index is 602. The Balaban J connectivity index is 2.49. The fourth-order valence-corrected chi connectivity index (χ4v) is 2.06. The molecule has 5 nitrogen and oxygen atoms in total. The molecule has 1 N–H and O–H groups in total. The number of aromatic carboxylic acids is 1. The van der Waals surface area contributed by atoms with Crippen molar-refractivity contribution in [3.8, 4) is 0 Å². The van der Waals surface area contributed by atoms with Gasteiger partial charge in [-0.05, 0) is 19.1 Å². The largest absolute Gasteiger partial charge is 0.477 e. The molecular formula is C11H10N2O3S. The van der Waals surface area contributed by atoms with E-state index in [1.165, 1.54) is 22.0 Å². The SMILES string of the molecule is Cc1ccc(C(=O)O)c(=O)n1Cc1cscn1. The molecule has 0 fully saturated rings. The molecule has 0 atom stereocenters. The van der Waals surface area contributed by atoms with Crippen LogP contribution in [0, 0.1) is 6.92 Å². The molecular weight excluding hydrogens is 240 g/mol. The average Bonchev–Trinajstić information content (AvgIpc) is 2.76. The third kappa shape index (κ3) is 2.26. The van der Waals surface area contributed by atoms with E-state index in [1.54, 1.807) is 18.5 Å². The number of rotatable bonds is 3. The summed E-state index contributed by atoms with van der Waals surface area (Å²) in [6, 6.07) is 2.95. The Morgan fingerprint density at radius 2 is 2.29 bits per heavy atom. The minimum absolute atomic E-state index is 0.217. The summed E-state index contributed by atoms with van der Waals surface area (Å²) in [5.41, 5.74) is 2.43. The van der Waals surface area contributed by atoms with Crippen LogP contribution in [-0.4, -0.2) is 20.6 Å². The summed E-state index contributed by atoms with van der Waals surface area (Å²) in [6.45, 7) is 2.06. The van der Waals surface area contributed by atoms with Gasteiger partial charge < -0.3 is 9.67 Å². The van der Waals surface area contributed by atoms with Crippen molar-refractivity contribution in [1.82, 2.24) is 9.55 Å². The van der Waals surface area contributed by atoms with E-state index in [9.17, 15) is 9.59 Å². The van der Waals surface area contributed by atoms with Crippen molar-refractivity contribution >= 4 is 17.3 Å². The molecule has 0 bridgehead atoms. The van der Waals surface area contributed by atoms with Gasteiger partial charge in [0.05, 0.1) is 17.7 Å². The first-order valence-corrected chi connectivity index (χ1v) is 5.84. The van der Waals surface area contributed by atoms with Gasteiger partial charge in [-0.25, -0.2) is 9.78 Å². The first kappa shape index (κ1) is 11.5. The van der Waals surface area contributed by atoms with E-state index in [2.05, 4.69) is 4.98 Å². The number of hydrogen-bond acceptors (Lipinski definition) is 4. The monoisotopic (exact) mass is 250 g/mol. The van der Waals surface area contributed by atoms with E-state index in [1.807, 2.05) is 5.38 Å². The van der Waals surface area contributed by atoms with Gasteiger partial charge in [0.25, 0.3) is 5.56 Å². The average molecular weight is 250 g/mol. The second-order valence-corrected chi connectivity index (χ2v) is 4.28. The van der Waals surface area contributed by atoms with Crippen LogP contribution >= 0.6 is 11.3 Å². The molecule has 6 heteroatoms. The van der Waals surface area contributed by atoms with Crippen LogP contribution in [0.2, 0.25) is 0 Å². The predicted octanol–water partition coefficient (Wildman–Crippen LogP) is 1.36. The number of carbonyl (C=O) groups is 1. The van der Waals surface area contributed by atoms with Gasteiger partial charge in [-0.15, -0.1) is 11.3 Å². The lowest BCUT2D eigenvalue weighted by Gasteiger charge is -2.08. The van der Waals surface area contributed by atoms with Gasteiger partial charge in [0.1, 0.15) is 5.56 Å². The zero-order valence-electron chi connectivity index (χ0n) is 9.08. The number of aromatic nitrogens is 2. The summed E-state index contributed by atoms with van der Waals surface area (Å²) in [7, 11) is 0. The van der Waals surface area contributed by atoms with Gasteiger partial charge in [0, 0.05) is 11.1 Å². The molecule has 2 rings (SSSR count). The van der Waals surface area contributed by atoms with Gasteiger partial charge in [-0.1, -0.05) is 0 Å². The van der Waals surface area contributed by atoms with Gasteiger partial charge in [-0.3, -0.25) is 4.79 Å². The first-order chi connectivity index (χ1) is 8.09. The lowest BCUT2D eigenvalue weighted by Crippen LogP contribution is -2.28. The Morgan fingerprint density at radius 3 is 2.88 bits per heavy atom. The zero-order valence-corrected chi connectivity index (χ0v) is 9.90. The molecule has 0 saturated heterocycles. The van der Waals surface area contributed by atoms with Crippen LogP contribution in [0.25, 0.3) is 0 Å². The fourth-order valence-electron chi connectivity index (χ4n) is 1.51. The highest BCUT2D eigenvalue weighted by molar-refractivity contribution is 7.07. The van der Waals surface area contributed by atoms with Crippen LogP contribution in [0.4, 0.5) is 0 Å². The minimum atomic E-state index is -1.21. The van der Waals surface area contributed by atoms with Crippen molar-refractivity contribution in [3.05, 3.63) is 50.3 Å². The van der Waals surface area contributed by atoms with Gasteiger partial charge in [0.2, 0.25) is 0 Å². The molecule has 0 unspecified atom stereocenters. The molecule has 2 heterocycles. The molecule has 0 saturated carbocycles. The number of hydrogen-bond donors (Lipinski definition) is 1. The highest BCUT2D eigenvalue weighted by Crippen LogP contribution is 2.05. The van der Waals surface area contributed by atoms with Crippen LogP contribution in [-0.2, 0) is 6.54 Å². The van der Waals surface area contributed by atoms with Crippen LogP contribution in [0.5, 0.6) is 0 Å². The predicted molar refractivity (Wildman–Crippen MR) is 63.6 cm³/mol. The fraction of sp³-hybridized carbons (Fsp3) is 0.182. The summed E-state index contributed by atoms with van der Waals surface area (Å²) >= 11 is 1.44. The van der Waals surface area contributed by atoms with Crippen molar-refractivity contribution < 1.29 is 9.90 Å². The summed E-state index contributed by atoms with van der Waals surface area (Å²) in [6.07, 6.45) is 0. The molecule has 0 radical (unpaired) electrons. The highest BCUT2D eigenvalue weighted by atomic mass is 32.1. The van der Waals surface area contributed by atoms with E-state index in [0.717, 1.165) is 5.69 Å². The highest BCUT2D eigenvalue weighted by Gasteiger charge is 2.12. The number of carboxylic acid groups (broad SMARTS) is 1. The van der Waals surface area contributed by atoms with Gasteiger partial charge >= 0.3 is 5.97 Å². The summed E-state index contributed by atoms with van der Waals surface area (Å²) in [5, 5.41) is 10.7. The van der Waals surface area contributed by atoms with Crippen molar-refractivity contribution in [2.45, 2.75) is 13.5 Å². The molecule has 17 heavy (non-hydrogen) atoms. The van der Waals surface area contributed by atoms with Crippen LogP contribution < -0.4 is 5.56 Å². The number of thiazole rings is 1. The van der Waals surface area contributed by atoms with E-state index >= 15 is 0 Å². The van der Waals surface area contributed by atoms with Crippen molar-refractivity contribution in [2.24, 2.45) is 0 Å². The third-order valence-corrected chi connectivity index (χ3v) is 3.06. The second-order valence-electron chi connectivity index (χ2n) is 3.56. The standard InChI is InChI=1S/C11H10N2O3S/c1-7-2-3-9(11(15)16)10(14)13(7)4-8-5-17-6-12-8/h2-3,5-6H,4H2,1H3,(H,15,16). The van der Waals surface area contributed by atoms with Crippen LogP contribution in [0.3, 0.4) is 0 Å². The third-order valence-electron chi connectivity index (χ3n) is 2.43. The minimum Gasteiger partial charge on any atom is -0.477 e. The lowest BCUT2D eigenvalue weighted by atomic mass is 10.2. The van der Waals surface area contributed by atoms with E-state index in [4.69, 9.17) is 5.11 Å². The molecule has 0 aromatic carbocycles. The van der Waals surface area contributed by atoms with Crippen molar-refractivity contribution in [1.29, 1.82) is 0 Å². The normalized spacial score (nSPS) is 10.4. The zero-order chi connectivity index (χ0) is 12.4. The van der Waals surface area contributed by atoms with E-state index < -0.39 is 11.5 Å². The molecule has 0 aliphatic rings. The lowest BCUT2D eigenvalue weighted by molar-refractivity contribution is 0.0694. The number of pyridine rings is 1. The van der Waals surface area contributed by atoms with Crippen LogP contribution in [0.15, 0.2) is 27.8 Å². The maximum absolute atomic E-state index is 11.9. The van der Waals surface area contributed by atoms with Crippen LogP contribution in [0.1, 0.15) is 21.7 Å². The summed E-state index contributed by atoms with van der Waals surface area (Å²) in [4.78, 5) is 26.9. The van der Waals surface area contributed by atoms with Crippen molar-refractivity contribution in [2.75, 3.05) is 0 Å². The van der Waals surface area contributed by atoms with E-state index in [0.29, 0.717) is 12.2 Å². The molecule has 2 aromatic heterocycles. The van der Waals surface area contributed by atoms with E-state index in [-0.39, 0.29) is 5.56 Å². The molecule has 0 aliphatic carbocycles. The van der Waals surface area contributed by atoms with Crippen molar-refractivity contribution in [3.63, 3.8) is 0 Å². The number of carboxylic acids is 1. The Hall–Kier alpha value is -1.95. The summed E-state index contributed by atoms with van der Waals surface area (Å²) in [5.74, 6) is -1.21. The molecule has 88 valence electrons. The topological polar surface area (TPSA) is 72.2 Å². The Kier molecular flexibility index (Phi) is 3.06. The maximum Gasteiger partial charge on any atom is 0.341 e. The Morgan fingerprint density at radius 1 is 1.53 bits per heavy atom.